The van der Waals surface area contributed by atoms with Crippen LogP contribution in [0.1, 0.15) is 73.4 Å². The van der Waals surface area contributed by atoms with Gasteiger partial charge in [-0.3, -0.25) is 0 Å². The first-order chi connectivity index (χ1) is 16.8. The Labute approximate surface area is 201 Å². The number of hydrogen-bond acceptors (Lipinski definition) is 4. The Balaban J connectivity index is 0.886. The summed E-state index contributed by atoms with van der Waals surface area (Å²) in [6.07, 6.45) is 3.37. The summed E-state index contributed by atoms with van der Waals surface area (Å²) >= 11 is 0. The molecule has 3 saturated carbocycles. The number of rotatable bonds is 5. The van der Waals surface area contributed by atoms with E-state index in [0.29, 0.717) is 36.4 Å². The maximum atomic E-state index is 13.3. The molecule has 1 aromatic carbocycles. The summed E-state index contributed by atoms with van der Waals surface area (Å²) in [5.41, 5.74) is -0.0110. The van der Waals surface area contributed by atoms with E-state index in [-0.39, 0.29) is 23.5 Å². The van der Waals surface area contributed by atoms with Gasteiger partial charge in [0.2, 0.25) is 0 Å². The third kappa shape index (κ3) is 3.85. The molecule has 10 heteroatoms. The second-order valence-electron chi connectivity index (χ2n) is 11.2. The third-order valence-electron chi connectivity index (χ3n) is 8.27. The van der Waals surface area contributed by atoms with Gasteiger partial charge in [-0.15, -0.1) is 0 Å². The molecule has 2 aromatic rings. The molecule has 1 aromatic heterocycles. The fourth-order valence-corrected chi connectivity index (χ4v) is 5.94. The third-order valence-corrected chi connectivity index (χ3v) is 8.27. The highest BCUT2D eigenvalue weighted by Gasteiger charge is 2.55. The van der Waals surface area contributed by atoms with Gasteiger partial charge in [-0.1, -0.05) is 0 Å². The number of hydrogen-bond donors (Lipinski definition) is 0. The molecule has 1 spiro atoms. The minimum absolute atomic E-state index is 0.0238. The van der Waals surface area contributed by atoms with Crippen LogP contribution in [0.2, 0.25) is 0 Å². The Morgan fingerprint density at radius 3 is 2.40 bits per heavy atom. The summed E-state index contributed by atoms with van der Waals surface area (Å²) in [5, 5.41) is 4.65. The van der Waals surface area contributed by atoms with Gasteiger partial charge >= 0.3 is 12.2 Å². The van der Waals surface area contributed by atoms with E-state index in [2.05, 4.69) is 10.1 Å². The van der Waals surface area contributed by atoms with Crippen LogP contribution in [0.5, 0.6) is 5.75 Å². The molecule has 0 radical (unpaired) electrons. The van der Waals surface area contributed by atoms with Crippen molar-refractivity contribution in [3.63, 3.8) is 0 Å². The van der Waals surface area contributed by atoms with Gasteiger partial charge in [0.05, 0.1) is 24.7 Å². The first-order valence-corrected chi connectivity index (χ1v) is 12.6. The van der Waals surface area contributed by atoms with E-state index in [9.17, 15) is 18.0 Å². The average Bonchev–Trinajstić information content (AvgIpc) is 3.66. The van der Waals surface area contributed by atoms with Gasteiger partial charge in [0.15, 0.2) is 5.82 Å². The Morgan fingerprint density at radius 2 is 1.74 bits per heavy atom. The van der Waals surface area contributed by atoms with Crippen LogP contribution in [0, 0.1) is 5.41 Å². The lowest BCUT2D eigenvalue weighted by Gasteiger charge is -2.59. The summed E-state index contributed by atoms with van der Waals surface area (Å²) < 4.78 is 47.8. The number of benzene rings is 1. The highest BCUT2D eigenvalue weighted by atomic mass is 19.4. The maximum absolute atomic E-state index is 13.3. The van der Waals surface area contributed by atoms with Crippen LogP contribution in [0.25, 0.3) is 0 Å². The van der Waals surface area contributed by atoms with Crippen LogP contribution in [0.15, 0.2) is 24.5 Å². The van der Waals surface area contributed by atoms with Crippen LogP contribution in [-0.2, 0) is 6.18 Å². The van der Waals surface area contributed by atoms with Crippen molar-refractivity contribution < 1.29 is 22.7 Å². The largest absolute Gasteiger partial charge is 0.487 e. The van der Waals surface area contributed by atoms with Crippen molar-refractivity contribution in [2.75, 3.05) is 26.2 Å². The molecule has 3 heterocycles. The Kier molecular flexibility index (Phi) is 4.52. The predicted octanol–water partition coefficient (Wildman–Crippen LogP) is 4.57. The van der Waals surface area contributed by atoms with Crippen LogP contribution < -0.4 is 4.74 Å². The van der Waals surface area contributed by atoms with E-state index < -0.39 is 11.7 Å². The molecule has 0 unspecified atom stereocenters. The molecule has 0 bridgehead atoms. The molecule has 5 aliphatic rings. The van der Waals surface area contributed by atoms with Gasteiger partial charge in [-0.05, 0) is 68.2 Å². The molecule has 3 aliphatic carbocycles. The first-order valence-electron chi connectivity index (χ1n) is 12.6. The van der Waals surface area contributed by atoms with Crippen LogP contribution >= 0.6 is 0 Å². The zero-order valence-electron chi connectivity index (χ0n) is 19.4. The van der Waals surface area contributed by atoms with E-state index >= 15 is 0 Å². The average molecular weight is 488 g/mol. The lowest BCUT2D eigenvalue weighted by atomic mass is 9.61. The minimum atomic E-state index is -4.35. The Morgan fingerprint density at radius 1 is 1.03 bits per heavy atom. The van der Waals surface area contributed by atoms with Crippen molar-refractivity contribution in [1.29, 1.82) is 0 Å². The summed E-state index contributed by atoms with van der Waals surface area (Å²) in [6, 6.07) is 4.48. The molecule has 2 saturated heterocycles. The molecule has 7 rings (SSSR count). The second kappa shape index (κ2) is 7.36. The quantitative estimate of drug-likeness (QED) is 0.620. The van der Waals surface area contributed by atoms with Crippen LogP contribution in [0.4, 0.5) is 18.0 Å². The standard InChI is InChI=1S/C25H28F3N5O2/c26-25(27,28)21-6-5-18(7-20(21)15-1-2-15)35-19-10-31(11-19)23(34)32-12-24(13-32)8-17(9-24)33-14-29-22(30-33)16-3-4-16/h5-7,14-17,19H,1-4,8-13H2. The number of ether oxygens (including phenoxy) is 1. The summed E-state index contributed by atoms with van der Waals surface area (Å²) in [4.78, 5) is 20.9. The number of aromatic nitrogens is 3. The van der Waals surface area contributed by atoms with Crippen molar-refractivity contribution in [1.82, 2.24) is 24.6 Å². The smallest absolute Gasteiger partial charge is 0.416 e. The molecular formula is C25H28F3N5O2. The lowest BCUT2D eigenvalue weighted by molar-refractivity contribution is -0.138. The number of amides is 2. The maximum Gasteiger partial charge on any atom is 0.416 e. The molecule has 0 N–H and O–H groups in total. The SMILES string of the molecule is O=C(N1CC(Oc2ccc(C(F)(F)F)c(C3CC3)c2)C1)N1CC2(CC(n3cnc(C4CC4)n3)C2)C1. The number of alkyl halides is 3. The monoisotopic (exact) mass is 487 g/mol. The lowest BCUT2D eigenvalue weighted by Crippen LogP contribution is -2.69. The van der Waals surface area contributed by atoms with E-state index in [1.165, 1.54) is 18.9 Å². The van der Waals surface area contributed by atoms with Crippen molar-refractivity contribution in [3.8, 4) is 5.75 Å². The number of urea groups is 1. The zero-order valence-corrected chi connectivity index (χ0v) is 19.4. The number of likely N-dealkylation sites (tertiary alicyclic amines) is 2. The van der Waals surface area contributed by atoms with Crippen molar-refractivity contribution >= 4 is 6.03 Å². The van der Waals surface area contributed by atoms with Gasteiger partial charge in [0.1, 0.15) is 18.2 Å². The molecule has 5 fully saturated rings. The highest BCUT2D eigenvalue weighted by molar-refractivity contribution is 5.76. The Bertz CT molecular complexity index is 1150. The van der Waals surface area contributed by atoms with E-state index in [1.807, 2.05) is 15.9 Å². The van der Waals surface area contributed by atoms with E-state index in [1.54, 1.807) is 11.0 Å². The van der Waals surface area contributed by atoms with Crippen LogP contribution in [-0.4, -0.2) is 62.9 Å². The minimum Gasteiger partial charge on any atom is -0.487 e. The summed E-state index contributed by atoms with van der Waals surface area (Å²) in [5.74, 6) is 1.97. The topological polar surface area (TPSA) is 63.5 Å². The number of carbonyl (C=O) groups is 1. The first kappa shape index (κ1) is 21.5. The highest BCUT2D eigenvalue weighted by Crippen LogP contribution is 2.54. The fourth-order valence-electron chi connectivity index (χ4n) is 5.94. The number of carbonyl (C=O) groups excluding carboxylic acids is 1. The van der Waals surface area contributed by atoms with Gasteiger partial charge in [0.25, 0.3) is 0 Å². The molecule has 35 heavy (non-hydrogen) atoms. The summed E-state index contributed by atoms with van der Waals surface area (Å²) in [7, 11) is 0. The molecule has 186 valence electrons. The van der Waals surface area contributed by atoms with Gasteiger partial charge in [-0.25, -0.2) is 14.5 Å². The van der Waals surface area contributed by atoms with Gasteiger partial charge in [0, 0.05) is 24.4 Å². The molecule has 7 nitrogen and oxygen atoms in total. The van der Waals surface area contributed by atoms with Crippen LogP contribution in [0.3, 0.4) is 0 Å². The predicted molar refractivity (Wildman–Crippen MR) is 119 cm³/mol. The van der Waals surface area contributed by atoms with Gasteiger partial charge < -0.3 is 14.5 Å². The fraction of sp³-hybridized carbons (Fsp3) is 0.640. The summed E-state index contributed by atoms with van der Waals surface area (Å²) in [6.45, 7) is 2.48. The van der Waals surface area contributed by atoms with E-state index in [4.69, 9.17) is 4.74 Å². The normalized spacial score (nSPS) is 24.2. The molecule has 2 aliphatic heterocycles. The molecular weight excluding hydrogens is 459 g/mol. The van der Waals surface area contributed by atoms with Crippen molar-refractivity contribution in [2.45, 2.75) is 68.7 Å². The number of nitrogens with zero attached hydrogens (tertiary/aromatic N) is 5. The Hall–Kier alpha value is -2.78. The molecule has 2 amide bonds. The molecule has 0 atom stereocenters. The van der Waals surface area contributed by atoms with Crippen molar-refractivity contribution in [2.24, 2.45) is 5.41 Å². The van der Waals surface area contributed by atoms with E-state index in [0.717, 1.165) is 50.7 Å². The van der Waals surface area contributed by atoms with Crippen molar-refractivity contribution in [3.05, 3.63) is 41.5 Å². The second-order valence-corrected chi connectivity index (χ2v) is 11.2. The zero-order chi connectivity index (χ0) is 23.9. The van der Waals surface area contributed by atoms with Gasteiger partial charge in [-0.2, -0.15) is 18.3 Å². The number of halogens is 3.